The van der Waals surface area contributed by atoms with E-state index in [0.29, 0.717) is 13.2 Å². The minimum atomic E-state index is -0.0246. The molecule has 0 aliphatic carbocycles. The van der Waals surface area contributed by atoms with Gasteiger partial charge >= 0.3 is 0 Å². The smallest absolute Gasteiger partial charge is 0.226 e. The number of ether oxygens (including phenoxy) is 2. The average molecular weight is 397 g/mol. The van der Waals surface area contributed by atoms with Gasteiger partial charge in [-0.3, -0.25) is 4.79 Å². The van der Waals surface area contributed by atoms with Gasteiger partial charge in [0.15, 0.2) is 0 Å². The number of methoxy groups -OCH3 is 1. The highest BCUT2D eigenvalue weighted by atomic mass is 32.1. The van der Waals surface area contributed by atoms with Gasteiger partial charge in [0.1, 0.15) is 16.5 Å². The van der Waals surface area contributed by atoms with Gasteiger partial charge < -0.3 is 14.8 Å². The van der Waals surface area contributed by atoms with Gasteiger partial charge in [-0.25, -0.2) is 4.98 Å². The monoisotopic (exact) mass is 396 g/mol. The second kappa shape index (κ2) is 9.90. The Kier molecular flexibility index (Phi) is 7.03. The lowest BCUT2D eigenvalue weighted by Crippen LogP contribution is -2.27. The summed E-state index contributed by atoms with van der Waals surface area (Å²) in [5, 5.41) is 5.76. The SMILES string of the molecule is CCOc1ccccc1-c1nc(CC(=O)NCCc2ccc(OC)cc2)cs1. The van der Waals surface area contributed by atoms with Crippen LogP contribution in [-0.4, -0.2) is 31.2 Å². The third-order valence-electron chi connectivity index (χ3n) is 4.21. The molecule has 2 aromatic carbocycles. The molecule has 0 saturated carbocycles. The lowest BCUT2D eigenvalue weighted by atomic mass is 10.1. The van der Waals surface area contributed by atoms with Crippen molar-refractivity contribution < 1.29 is 14.3 Å². The number of hydrogen-bond donors (Lipinski definition) is 1. The Hall–Kier alpha value is -2.86. The molecule has 1 heterocycles. The summed E-state index contributed by atoms with van der Waals surface area (Å²) >= 11 is 1.53. The maximum atomic E-state index is 12.2. The Balaban J connectivity index is 1.52. The van der Waals surface area contributed by atoms with E-state index in [1.54, 1.807) is 7.11 Å². The first-order valence-corrected chi connectivity index (χ1v) is 10.1. The van der Waals surface area contributed by atoms with Crippen molar-refractivity contribution in [3.8, 4) is 22.1 Å². The summed E-state index contributed by atoms with van der Waals surface area (Å²) in [6.45, 7) is 3.15. The van der Waals surface area contributed by atoms with Crippen LogP contribution < -0.4 is 14.8 Å². The molecule has 0 spiro atoms. The molecule has 6 heteroatoms. The number of hydrogen-bond acceptors (Lipinski definition) is 5. The van der Waals surface area contributed by atoms with Crippen LogP contribution in [0.5, 0.6) is 11.5 Å². The van der Waals surface area contributed by atoms with Crippen molar-refractivity contribution in [2.24, 2.45) is 0 Å². The molecule has 0 radical (unpaired) electrons. The number of nitrogens with one attached hydrogen (secondary N) is 1. The minimum Gasteiger partial charge on any atom is -0.497 e. The maximum absolute atomic E-state index is 12.2. The third kappa shape index (κ3) is 5.33. The maximum Gasteiger partial charge on any atom is 0.226 e. The third-order valence-corrected chi connectivity index (χ3v) is 5.13. The van der Waals surface area contributed by atoms with Crippen LogP contribution in [0.4, 0.5) is 0 Å². The van der Waals surface area contributed by atoms with E-state index in [1.165, 1.54) is 11.3 Å². The Labute approximate surface area is 169 Å². The van der Waals surface area contributed by atoms with Gasteiger partial charge in [0, 0.05) is 11.9 Å². The fourth-order valence-electron chi connectivity index (χ4n) is 2.80. The van der Waals surface area contributed by atoms with Crippen LogP contribution in [-0.2, 0) is 17.6 Å². The van der Waals surface area contributed by atoms with Gasteiger partial charge in [0.05, 0.1) is 31.4 Å². The van der Waals surface area contributed by atoms with E-state index in [4.69, 9.17) is 9.47 Å². The molecule has 5 nitrogen and oxygen atoms in total. The fourth-order valence-corrected chi connectivity index (χ4v) is 3.65. The van der Waals surface area contributed by atoms with Crippen LogP contribution in [0, 0.1) is 0 Å². The van der Waals surface area contributed by atoms with Crippen molar-refractivity contribution in [3.63, 3.8) is 0 Å². The second-order valence-electron chi connectivity index (χ2n) is 6.20. The number of para-hydroxylation sites is 1. The quantitative estimate of drug-likeness (QED) is 0.591. The van der Waals surface area contributed by atoms with Crippen LogP contribution >= 0.6 is 11.3 Å². The molecular weight excluding hydrogens is 372 g/mol. The molecule has 1 amide bonds. The molecule has 0 fully saturated rings. The predicted molar refractivity (Wildman–Crippen MR) is 112 cm³/mol. The van der Waals surface area contributed by atoms with Crippen molar-refractivity contribution in [2.45, 2.75) is 19.8 Å². The first-order chi connectivity index (χ1) is 13.7. The predicted octanol–water partition coefficient (Wildman–Crippen LogP) is 4.12. The molecular formula is C22H24N2O3S. The van der Waals surface area contributed by atoms with Crippen LogP contribution in [0.1, 0.15) is 18.2 Å². The van der Waals surface area contributed by atoms with E-state index in [1.807, 2.05) is 60.8 Å². The molecule has 3 aromatic rings. The number of carbonyl (C=O) groups is 1. The summed E-state index contributed by atoms with van der Waals surface area (Å²) in [6, 6.07) is 15.7. The molecule has 1 aromatic heterocycles. The highest BCUT2D eigenvalue weighted by Gasteiger charge is 2.12. The number of rotatable bonds is 9. The number of aromatic nitrogens is 1. The van der Waals surface area contributed by atoms with Gasteiger partial charge in [-0.2, -0.15) is 0 Å². The van der Waals surface area contributed by atoms with E-state index in [9.17, 15) is 4.79 Å². The number of thiazole rings is 1. The molecule has 0 unspecified atom stereocenters. The summed E-state index contributed by atoms with van der Waals surface area (Å²) in [6.07, 6.45) is 1.05. The summed E-state index contributed by atoms with van der Waals surface area (Å²) < 4.78 is 10.8. The van der Waals surface area contributed by atoms with Crippen molar-refractivity contribution in [3.05, 3.63) is 65.2 Å². The summed E-state index contributed by atoms with van der Waals surface area (Å²) in [5.74, 6) is 1.62. The van der Waals surface area contributed by atoms with E-state index in [0.717, 1.165) is 39.7 Å². The van der Waals surface area contributed by atoms with Crippen LogP contribution in [0.25, 0.3) is 10.6 Å². The zero-order chi connectivity index (χ0) is 19.8. The second-order valence-corrected chi connectivity index (χ2v) is 7.06. The molecule has 0 aliphatic rings. The van der Waals surface area contributed by atoms with Gasteiger partial charge in [0.2, 0.25) is 5.91 Å². The number of amides is 1. The summed E-state index contributed by atoms with van der Waals surface area (Å²) in [4.78, 5) is 16.8. The number of benzene rings is 2. The topological polar surface area (TPSA) is 60.5 Å². The van der Waals surface area contributed by atoms with Gasteiger partial charge in [-0.15, -0.1) is 11.3 Å². The van der Waals surface area contributed by atoms with Crippen molar-refractivity contribution >= 4 is 17.2 Å². The van der Waals surface area contributed by atoms with Crippen LogP contribution in [0.15, 0.2) is 53.9 Å². The van der Waals surface area contributed by atoms with Crippen molar-refractivity contribution in [1.82, 2.24) is 10.3 Å². The first kappa shape index (κ1) is 19.9. The fraction of sp³-hybridized carbons (Fsp3) is 0.273. The Morgan fingerprint density at radius 3 is 2.68 bits per heavy atom. The lowest BCUT2D eigenvalue weighted by Gasteiger charge is -2.07. The molecule has 3 rings (SSSR count). The van der Waals surface area contributed by atoms with E-state index in [-0.39, 0.29) is 12.3 Å². The average Bonchev–Trinajstić information content (AvgIpc) is 3.17. The molecule has 146 valence electrons. The summed E-state index contributed by atoms with van der Waals surface area (Å²) in [7, 11) is 1.65. The standard InChI is InChI=1S/C22H24N2O3S/c1-3-27-20-7-5-4-6-19(20)22-24-17(15-28-22)14-21(25)23-13-12-16-8-10-18(26-2)11-9-16/h4-11,15H,3,12-14H2,1-2H3,(H,23,25). The molecule has 28 heavy (non-hydrogen) atoms. The highest BCUT2D eigenvalue weighted by molar-refractivity contribution is 7.13. The molecule has 1 N–H and O–H groups in total. The number of carbonyl (C=O) groups excluding carboxylic acids is 1. The molecule has 0 bridgehead atoms. The van der Waals surface area contributed by atoms with Crippen LogP contribution in [0.2, 0.25) is 0 Å². The minimum absolute atomic E-state index is 0.0246. The van der Waals surface area contributed by atoms with Crippen LogP contribution in [0.3, 0.4) is 0 Å². The summed E-state index contributed by atoms with van der Waals surface area (Å²) in [5.41, 5.74) is 2.89. The van der Waals surface area contributed by atoms with E-state index >= 15 is 0 Å². The van der Waals surface area contributed by atoms with Crippen molar-refractivity contribution in [2.75, 3.05) is 20.3 Å². The Morgan fingerprint density at radius 1 is 1.14 bits per heavy atom. The molecule has 0 atom stereocenters. The van der Waals surface area contributed by atoms with E-state index < -0.39 is 0 Å². The molecule has 0 aliphatic heterocycles. The zero-order valence-corrected chi connectivity index (χ0v) is 16.9. The van der Waals surface area contributed by atoms with E-state index in [2.05, 4.69) is 10.3 Å². The first-order valence-electron chi connectivity index (χ1n) is 9.26. The van der Waals surface area contributed by atoms with Gasteiger partial charge in [-0.05, 0) is 43.2 Å². The normalized spacial score (nSPS) is 10.5. The number of nitrogens with zero attached hydrogens (tertiary/aromatic N) is 1. The van der Waals surface area contributed by atoms with Gasteiger partial charge in [-0.1, -0.05) is 24.3 Å². The lowest BCUT2D eigenvalue weighted by molar-refractivity contribution is -0.120. The highest BCUT2D eigenvalue weighted by Crippen LogP contribution is 2.32. The van der Waals surface area contributed by atoms with Crippen molar-refractivity contribution in [1.29, 1.82) is 0 Å². The zero-order valence-electron chi connectivity index (χ0n) is 16.1. The Bertz CT molecular complexity index is 906. The van der Waals surface area contributed by atoms with Gasteiger partial charge in [0.25, 0.3) is 0 Å². The Morgan fingerprint density at radius 2 is 1.93 bits per heavy atom. The largest absolute Gasteiger partial charge is 0.497 e. The molecule has 0 saturated heterocycles.